The number of hydrogen-bond acceptors (Lipinski definition) is 5. The predicted molar refractivity (Wildman–Crippen MR) is 138 cm³/mol. The van der Waals surface area contributed by atoms with Crippen molar-refractivity contribution in [3.05, 3.63) is 90.0 Å². The van der Waals surface area contributed by atoms with Gasteiger partial charge in [-0.1, -0.05) is 60.1 Å². The number of thiocarbonyl (C=S) groups is 1. The number of rotatable bonds is 5. The minimum absolute atomic E-state index is 0.385. The number of hydrogen-bond donors (Lipinski definition) is 4. The van der Waals surface area contributed by atoms with E-state index in [0.29, 0.717) is 21.8 Å². The van der Waals surface area contributed by atoms with Crippen molar-refractivity contribution >= 4 is 62.8 Å². The highest BCUT2D eigenvalue weighted by Crippen LogP contribution is 2.32. The van der Waals surface area contributed by atoms with Crippen LogP contribution in [-0.2, 0) is 0 Å². The van der Waals surface area contributed by atoms with E-state index in [2.05, 4.69) is 36.3 Å². The second-order valence-electron chi connectivity index (χ2n) is 7.15. The second kappa shape index (κ2) is 9.23. The van der Waals surface area contributed by atoms with Crippen molar-refractivity contribution in [2.45, 2.75) is 0 Å². The first-order chi connectivity index (χ1) is 16.2. The molecule has 0 saturated heterocycles. The first-order valence-corrected chi connectivity index (χ1v) is 10.9. The van der Waals surface area contributed by atoms with Gasteiger partial charge in [0.1, 0.15) is 0 Å². The van der Waals surface area contributed by atoms with Crippen LogP contribution in [0.3, 0.4) is 0 Å². The van der Waals surface area contributed by atoms with Crippen LogP contribution in [0.25, 0.3) is 22.2 Å². The van der Waals surface area contributed by atoms with E-state index in [1.54, 1.807) is 0 Å². The van der Waals surface area contributed by atoms with Gasteiger partial charge in [-0.05, 0) is 48.6 Å². The number of halogens is 1. The number of H-pyrrole nitrogens is 1. The SMILES string of the molecule is S=C(Nc1ccc(-c2ccccc2)nn1)Nc1ccccc1Nc1n[nH]c2cccc(Cl)c12. The molecular weight excluding hydrogens is 454 g/mol. The van der Waals surface area contributed by atoms with Crippen LogP contribution in [0, 0.1) is 0 Å². The summed E-state index contributed by atoms with van der Waals surface area (Å²) in [6, 6.07) is 26.9. The minimum atomic E-state index is 0.385. The molecule has 5 rings (SSSR count). The fraction of sp³-hybridized carbons (Fsp3) is 0. The fourth-order valence-corrected chi connectivity index (χ4v) is 3.86. The van der Waals surface area contributed by atoms with E-state index in [1.165, 1.54) is 0 Å². The molecule has 0 bridgehead atoms. The highest BCUT2D eigenvalue weighted by molar-refractivity contribution is 7.80. The molecule has 0 radical (unpaired) electrons. The van der Waals surface area contributed by atoms with Crippen LogP contribution in [0.15, 0.2) is 84.9 Å². The lowest BCUT2D eigenvalue weighted by atomic mass is 10.1. The van der Waals surface area contributed by atoms with Crippen molar-refractivity contribution in [1.29, 1.82) is 0 Å². The van der Waals surface area contributed by atoms with Crippen molar-refractivity contribution in [3.8, 4) is 11.3 Å². The molecular formula is C24H18ClN7S. The van der Waals surface area contributed by atoms with Crippen LogP contribution >= 0.6 is 23.8 Å². The molecule has 9 heteroatoms. The lowest BCUT2D eigenvalue weighted by Crippen LogP contribution is -2.20. The average molecular weight is 472 g/mol. The maximum absolute atomic E-state index is 6.38. The number of aromatic nitrogens is 4. The van der Waals surface area contributed by atoms with Gasteiger partial charge in [0.05, 0.1) is 33.0 Å². The normalized spacial score (nSPS) is 10.7. The molecule has 7 nitrogen and oxygen atoms in total. The molecule has 0 atom stereocenters. The fourth-order valence-electron chi connectivity index (χ4n) is 3.38. The second-order valence-corrected chi connectivity index (χ2v) is 7.97. The van der Waals surface area contributed by atoms with Crippen LogP contribution < -0.4 is 16.0 Å². The summed E-state index contributed by atoms with van der Waals surface area (Å²) in [6.45, 7) is 0. The number of aromatic amines is 1. The number of nitrogens with one attached hydrogen (secondary N) is 4. The van der Waals surface area contributed by atoms with Crippen molar-refractivity contribution in [3.63, 3.8) is 0 Å². The molecule has 0 fully saturated rings. The van der Waals surface area contributed by atoms with Crippen molar-refractivity contribution in [2.24, 2.45) is 0 Å². The number of benzene rings is 3. The first-order valence-electron chi connectivity index (χ1n) is 10.1. The van der Waals surface area contributed by atoms with Crippen LogP contribution in [-0.4, -0.2) is 25.5 Å². The summed E-state index contributed by atoms with van der Waals surface area (Å²) < 4.78 is 0. The van der Waals surface area contributed by atoms with Crippen LogP contribution in [0.1, 0.15) is 0 Å². The van der Waals surface area contributed by atoms with E-state index in [0.717, 1.165) is 33.5 Å². The Morgan fingerprint density at radius 3 is 2.36 bits per heavy atom. The van der Waals surface area contributed by atoms with Gasteiger partial charge in [0.2, 0.25) is 0 Å². The highest BCUT2D eigenvalue weighted by atomic mass is 35.5. The average Bonchev–Trinajstić information content (AvgIpc) is 3.25. The minimum Gasteiger partial charge on any atom is -0.336 e. The summed E-state index contributed by atoms with van der Waals surface area (Å²) in [4.78, 5) is 0. The van der Waals surface area contributed by atoms with Gasteiger partial charge in [0.25, 0.3) is 0 Å². The summed E-state index contributed by atoms with van der Waals surface area (Å²) >= 11 is 11.9. The van der Waals surface area contributed by atoms with Gasteiger partial charge in [-0.2, -0.15) is 5.10 Å². The van der Waals surface area contributed by atoms with Gasteiger partial charge >= 0.3 is 0 Å². The summed E-state index contributed by atoms with van der Waals surface area (Å²) in [6.07, 6.45) is 0. The van der Waals surface area contributed by atoms with Gasteiger partial charge in [-0.15, -0.1) is 10.2 Å². The Hall–Kier alpha value is -4.01. The molecule has 4 N–H and O–H groups in total. The molecule has 3 aromatic carbocycles. The number of fused-ring (bicyclic) bond motifs is 1. The molecule has 162 valence electrons. The Balaban J connectivity index is 1.30. The molecule has 0 aliphatic rings. The Morgan fingerprint density at radius 1 is 0.788 bits per heavy atom. The maximum atomic E-state index is 6.38. The van der Waals surface area contributed by atoms with Crippen molar-refractivity contribution in [1.82, 2.24) is 20.4 Å². The van der Waals surface area contributed by atoms with Crippen LogP contribution in [0.2, 0.25) is 5.02 Å². The van der Waals surface area contributed by atoms with E-state index < -0.39 is 0 Å². The standard InChI is InChI=1S/C24H18ClN7S/c25-16-9-6-12-20-22(16)23(32-30-20)26-18-10-4-5-11-19(18)27-24(33)28-21-14-13-17(29-31-21)15-7-2-1-3-8-15/h1-14H,(H2,26,30,32)(H2,27,28,31,33). The Bertz CT molecular complexity index is 1420. The van der Waals surface area contributed by atoms with E-state index in [4.69, 9.17) is 23.8 Å². The Morgan fingerprint density at radius 2 is 1.58 bits per heavy atom. The molecule has 0 aliphatic heterocycles. The van der Waals surface area contributed by atoms with Gasteiger partial charge in [-0.3, -0.25) is 5.10 Å². The monoisotopic (exact) mass is 471 g/mol. The molecule has 5 aromatic rings. The zero-order chi connectivity index (χ0) is 22.6. The third-order valence-electron chi connectivity index (χ3n) is 4.94. The van der Waals surface area contributed by atoms with Gasteiger partial charge in [0.15, 0.2) is 16.7 Å². The maximum Gasteiger partial charge on any atom is 0.176 e. The number of anilines is 4. The predicted octanol–water partition coefficient (Wildman–Crippen LogP) is 6.23. The number of para-hydroxylation sites is 2. The smallest absolute Gasteiger partial charge is 0.176 e. The quantitative estimate of drug-likeness (QED) is 0.226. The molecule has 0 amide bonds. The zero-order valence-electron chi connectivity index (χ0n) is 17.2. The van der Waals surface area contributed by atoms with Gasteiger partial charge in [-0.25, -0.2) is 0 Å². The highest BCUT2D eigenvalue weighted by Gasteiger charge is 2.12. The summed E-state index contributed by atoms with van der Waals surface area (Å²) in [5.74, 6) is 1.17. The molecule has 33 heavy (non-hydrogen) atoms. The first kappa shape index (κ1) is 20.9. The lowest BCUT2D eigenvalue weighted by Gasteiger charge is -2.14. The van der Waals surface area contributed by atoms with Crippen molar-refractivity contribution < 1.29 is 0 Å². The van der Waals surface area contributed by atoms with Crippen molar-refractivity contribution in [2.75, 3.05) is 16.0 Å². The van der Waals surface area contributed by atoms with E-state index in [1.807, 2.05) is 84.9 Å². The number of nitrogens with zero attached hydrogens (tertiary/aromatic N) is 3. The van der Waals surface area contributed by atoms with E-state index in [9.17, 15) is 0 Å². The lowest BCUT2D eigenvalue weighted by molar-refractivity contribution is 1.05. The largest absolute Gasteiger partial charge is 0.336 e. The third kappa shape index (κ3) is 4.62. The summed E-state index contributed by atoms with van der Waals surface area (Å²) in [7, 11) is 0. The third-order valence-corrected chi connectivity index (χ3v) is 5.46. The summed E-state index contributed by atoms with van der Waals surface area (Å²) in [5, 5.41) is 27.3. The topological polar surface area (TPSA) is 90.6 Å². The van der Waals surface area contributed by atoms with Crippen LogP contribution in [0.4, 0.5) is 23.0 Å². The molecule has 2 aromatic heterocycles. The molecule has 0 unspecified atom stereocenters. The molecule has 2 heterocycles. The molecule has 0 aliphatic carbocycles. The zero-order valence-corrected chi connectivity index (χ0v) is 18.8. The van der Waals surface area contributed by atoms with Gasteiger partial charge in [0, 0.05) is 5.56 Å². The van der Waals surface area contributed by atoms with E-state index >= 15 is 0 Å². The van der Waals surface area contributed by atoms with Gasteiger partial charge < -0.3 is 16.0 Å². The Kier molecular flexibility index (Phi) is 5.84. The van der Waals surface area contributed by atoms with E-state index in [-0.39, 0.29) is 0 Å². The molecule has 0 spiro atoms. The summed E-state index contributed by atoms with van der Waals surface area (Å²) in [5.41, 5.74) is 4.21. The molecule has 0 saturated carbocycles. The Labute approximate surface area is 200 Å². The van der Waals surface area contributed by atoms with Crippen LogP contribution in [0.5, 0.6) is 0 Å².